The van der Waals surface area contributed by atoms with Gasteiger partial charge in [-0.2, -0.15) is 4.39 Å². The second kappa shape index (κ2) is 4.37. The molecule has 0 atom stereocenters. The molecule has 0 saturated carbocycles. The molecule has 1 aliphatic heterocycles. The van der Waals surface area contributed by atoms with E-state index >= 15 is 0 Å². The predicted octanol–water partition coefficient (Wildman–Crippen LogP) is 1.78. The standard InChI is InChI=1S/C10H12FNO2/c11-10-9(2-1-5-12-10)14-8-3-6-13-7-4-8/h1-2,5,8H,3-4,6-7H2. The van der Waals surface area contributed by atoms with E-state index in [1.54, 1.807) is 12.1 Å². The zero-order valence-corrected chi connectivity index (χ0v) is 7.78. The van der Waals surface area contributed by atoms with Gasteiger partial charge in [-0.1, -0.05) is 0 Å². The molecular weight excluding hydrogens is 185 g/mol. The molecule has 2 rings (SSSR count). The fourth-order valence-electron chi connectivity index (χ4n) is 1.43. The summed E-state index contributed by atoms with van der Waals surface area (Å²) in [5, 5.41) is 0. The van der Waals surface area contributed by atoms with Gasteiger partial charge in [-0.05, 0) is 12.1 Å². The van der Waals surface area contributed by atoms with Crippen molar-refractivity contribution in [2.24, 2.45) is 0 Å². The Morgan fingerprint density at radius 1 is 1.43 bits per heavy atom. The molecule has 0 N–H and O–H groups in total. The lowest BCUT2D eigenvalue weighted by molar-refractivity contribution is 0.0237. The molecule has 4 heteroatoms. The molecule has 0 aromatic carbocycles. The number of nitrogens with zero attached hydrogens (tertiary/aromatic N) is 1. The Hall–Kier alpha value is -1.16. The maximum Gasteiger partial charge on any atom is 0.255 e. The van der Waals surface area contributed by atoms with Crippen LogP contribution in [-0.4, -0.2) is 24.3 Å². The van der Waals surface area contributed by atoms with Crippen LogP contribution >= 0.6 is 0 Å². The molecule has 0 amide bonds. The van der Waals surface area contributed by atoms with Gasteiger partial charge in [-0.3, -0.25) is 0 Å². The van der Waals surface area contributed by atoms with Crippen LogP contribution in [0.5, 0.6) is 5.75 Å². The molecule has 14 heavy (non-hydrogen) atoms. The van der Waals surface area contributed by atoms with Gasteiger partial charge in [0.1, 0.15) is 6.10 Å². The van der Waals surface area contributed by atoms with Gasteiger partial charge < -0.3 is 9.47 Å². The molecule has 0 bridgehead atoms. The van der Waals surface area contributed by atoms with Crippen molar-refractivity contribution in [2.75, 3.05) is 13.2 Å². The minimum absolute atomic E-state index is 0.0578. The normalized spacial score (nSPS) is 18.1. The average molecular weight is 197 g/mol. The van der Waals surface area contributed by atoms with Crippen molar-refractivity contribution >= 4 is 0 Å². The number of pyridine rings is 1. The Morgan fingerprint density at radius 2 is 2.21 bits per heavy atom. The molecule has 0 unspecified atom stereocenters. The minimum Gasteiger partial charge on any atom is -0.485 e. The summed E-state index contributed by atoms with van der Waals surface area (Å²) in [7, 11) is 0. The summed E-state index contributed by atoms with van der Waals surface area (Å²) in [6, 6.07) is 3.26. The average Bonchev–Trinajstić information content (AvgIpc) is 2.23. The van der Waals surface area contributed by atoms with Crippen LogP contribution in [0.1, 0.15) is 12.8 Å². The zero-order valence-electron chi connectivity index (χ0n) is 7.78. The van der Waals surface area contributed by atoms with Crippen molar-refractivity contribution in [2.45, 2.75) is 18.9 Å². The van der Waals surface area contributed by atoms with Crippen molar-refractivity contribution in [1.29, 1.82) is 0 Å². The molecule has 1 aromatic heterocycles. The van der Waals surface area contributed by atoms with Crippen LogP contribution in [0.15, 0.2) is 18.3 Å². The van der Waals surface area contributed by atoms with E-state index in [9.17, 15) is 4.39 Å². The smallest absolute Gasteiger partial charge is 0.255 e. The topological polar surface area (TPSA) is 31.4 Å². The molecule has 0 aliphatic carbocycles. The van der Waals surface area contributed by atoms with E-state index < -0.39 is 5.95 Å². The third kappa shape index (κ3) is 2.20. The Labute approximate surface area is 81.9 Å². The van der Waals surface area contributed by atoms with E-state index in [4.69, 9.17) is 9.47 Å². The Bertz CT molecular complexity index is 300. The summed E-state index contributed by atoms with van der Waals surface area (Å²) >= 11 is 0. The van der Waals surface area contributed by atoms with Gasteiger partial charge in [0, 0.05) is 19.0 Å². The molecule has 76 valence electrons. The zero-order chi connectivity index (χ0) is 9.80. The van der Waals surface area contributed by atoms with Gasteiger partial charge in [0.2, 0.25) is 0 Å². The van der Waals surface area contributed by atoms with Gasteiger partial charge in [0.15, 0.2) is 5.75 Å². The third-order valence-corrected chi connectivity index (χ3v) is 2.19. The van der Waals surface area contributed by atoms with E-state index in [1.807, 2.05) is 0 Å². The summed E-state index contributed by atoms with van der Waals surface area (Å²) < 4.78 is 23.7. The fraction of sp³-hybridized carbons (Fsp3) is 0.500. The number of rotatable bonds is 2. The van der Waals surface area contributed by atoms with Gasteiger partial charge in [0.25, 0.3) is 5.95 Å². The van der Waals surface area contributed by atoms with Crippen LogP contribution in [0.25, 0.3) is 0 Å². The van der Waals surface area contributed by atoms with E-state index in [-0.39, 0.29) is 11.9 Å². The lowest BCUT2D eigenvalue weighted by Gasteiger charge is -2.23. The molecule has 2 heterocycles. The molecule has 1 aliphatic rings. The van der Waals surface area contributed by atoms with Crippen LogP contribution < -0.4 is 4.74 Å². The summed E-state index contributed by atoms with van der Waals surface area (Å²) in [6.45, 7) is 1.37. The van der Waals surface area contributed by atoms with Gasteiger partial charge in [-0.25, -0.2) is 4.98 Å². The quantitative estimate of drug-likeness (QED) is 0.677. The SMILES string of the molecule is Fc1ncccc1OC1CCOCC1. The molecule has 1 saturated heterocycles. The molecule has 3 nitrogen and oxygen atoms in total. The monoisotopic (exact) mass is 197 g/mol. The van der Waals surface area contributed by atoms with Crippen molar-refractivity contribution in [3.63, 3.8) is 0 Å². The van der Waals surface area contributed by atoms with Crippen molar-refractivity contribution in [3.8, 4) is 5.75 Å². The highest BCUT2D eigenvalue weighted by Gasteiger charge is 2.16. The maximum atomic E-state index is 13.1. The fourth-order valence-corrected chi connectivity index (χ4v) is 1.43. The highest BCUT2D eigenvalue weighted by Crippen LogP contribution is 2.19. The van der Waals surface area contributed by atoms with E-state index in [0.29, 0.717) is 13.2 Å². The second-order valence-corrected chi connectivity index (χ2v) is 3.22. The molecule has 1 fully saturated rings. The lowest BCUT2D eigenvalue weighted by Crippen LogP contribution is -2.26. The van der Waals surface area contributed by atoms with Gasteiger partial charge in [-0.15, -0.1) is 0 Å². The van der Waals surface area contributed by atoms with Crippen molar-refractivity contribution in [3.05, 3.63) is 24.3 Å². The molecule has 1 aromatic rings. The first-order chi connectivity index (χ1) is 6.86. The summed E-state index contributed by atoms with van der Waals surface area (Å²) in [4.78, 5) is 3.52. The Balaban J connectivity index is 1.99. The molecule has 0 spiro atoms. The first-order valence-electron chi connectivity index (χ1n) is 4.71. The van der Waals surface area contributed by atoms with Crippen LogP contribution in [0.2, 0.25) is 0 Å². The van der Waals surface area contributed by atoms with Crippen molar-refractivity contribution in [1.82, 2.24) is 4.98 Å². The van der Waals surface area contributed by atoms with E-state index in [2.05, 4.69) is 4.98 Å². The van der Waals surface area contributed by atoms with E-state index in [0.717, 1.165) is 12.8 Å². The van der Waals surface area contributed by atoms with Crippen LogP contribution in [0.4, 0.5) is 4.39 Å². The Kier molecular flexibility index (Phi) is 2.93. The number of aromatic nitrogens is 1. The summed E-state index contributed by atoms with van der Waals surface area (Å²) in [5.41, 5.74) is 0. The first kappa shape index (κ1) is 9.40. The minimum atomic E-state index is -0.543. The summed E-state index contributed by atoms with van der Waals surface area (Å²) in [6.07, 6.45) is 3.09. The molecular formula is C10H12FNO2. The van der Waals surface area contributed by atoms with Crippen LogP contribution in [0.3, 0.4) is 0 Å². The third-order valence-electron chi connectivity index (χ3n) is 2.19. The maximum absolute atomic E-state index is 13.1. The lowest BCUT2D eigenvalue weighted by atomic mass is 10.1. The summed E-state index contributed by atoms with van der Waals surface area (Å²) in [5.74, 6) is -0.307. The highest BCUT2D eigenvalue weighted by atomic mass is 19.1. The van der Waals surface area contributed by atoms with Crippen LogP contribution in [-0.2, 0) is 4.74 Å². The van der Waals surface area contributed by atoms with Crippen LogP contribution in [0, 0.1) is 5.95 Å². The number of hydrogen-bond acceptors (Lipinski definition) is 3. The molecule has 0 radical (unpaired) electrons. The second-order valence-electron chi connectivity index (χ2n) is 3.22. The number of halogens is 1. The van der Waals surface area contributed by atoms with Gasteiger partial charge in [0.05, 0.1) is 13.2 Å². The van der Waals surface area contributed by atoms with Gasteiger partial charge >= 0.3 is 0 Å². The number of hydrogen-bond donors (Lipinski definition) is 0. The highest BCUT2D eigenvalue weighted by molar-refractivity contribution is 5.18. The first-order valence-corrected chi connectivity index (χ1v) is 4.71. The Morgan fingerprint density at radius 3 is 2.93 bits per heavy atom. The van der Waals surface area contributed by atoms with E-state index in [1.165, 1.54) is 6.20 Å². The van der Waals surface area contributed by atoms with Crippen molar-refractivity contribution < 1.29 is 13.9 Å². The largest absolute Gasteiger partial charge is 0.485 e. The number of ether oxygens (including phenoxy) is 2. The predicted molar refractivity (Wildman–Crippen MR) is 48.7 cm³/mol.